The van der Waals surface area contributed by atoms with Gasteiger partial charge in [-0.1, -0.05) is 30.3 Å². The highest BCUT2D eigenvalue weighted by Gasteiger charge is 2.47. The molecule has 1 aromatic rings. The maximum Gasteiger partial charge on any atom is 0.341 e. The van der Waals surface area contributed by atoms with E-state index in [2.05, 4.69) is 0 Å². The maximum atomic E-state index is 11.9. The Labute approximate surface area is 120 Å². The second-order valence-electron chi connectivity index (χ2n) is 4.49. The van der Waals surface area contributed by atoms with Crippen molar-refractivity contribution in [3.8, 4) is 0 Å². The minimum Gasteiger partial charge on any atom is -0.479 e. The third kappa shape index (κ3) is 3.88. The van der Waals surface area contributed by atoms with Gasteiger partial charge in [-0.3, -0.25) is 9.59 Å². The van der Waals surface area contributed by atoms with Gasteiger partial charge >= 0.3 is 11.9 Å². The van der Waals surface area contributed by atoms with Crippen molar-refractivity contribution in [2.45, 2.75) is 25.3 Å². The molecule has 1 rings (SSSR count). The maximum absolute atomic E-state index is 11.9. The smallest absolute Gasteiger partial charge is 0.341 e. The number of ketones is 1. The monoisotopic (exact) mass is 293 g/mol. The lowest BCUT2D eigenvalue weighted by atomic mass is 9.91. The highest BCUT2D eigenvalue weighted by atomic mass is 16.4. The van der Waals surface area contributed by atoms with E-state index in [1.807, 2.05) is 5.32 Å². The molecule has 3 N–H and O–H groups in total. The number of carboxylic acid groups (broad SMARTS) is 2. The number of hydrogen-bond acceptors (Lipinski definition) is 4. The minimum atomic E-state index is -2.50. The molecule has 1 amide bonds. The summed E-state index contributed by atoms with van der Waals surface area (Å²) < 4.78 is 0. The van der Waals surface area contributed by atoms with E-state index in [4.69, 9.17) is 10.2 Å². The topological polar surface area (TPSA) is 121 Å². The van der Waals surface area contributed by atoms with Gasteiger partial charge in [0.15, 0.2) is 5.78 Å². The highest BCUT2D eigenvalue weighted by Crippen LogP contribution is 2.17. The SMILES string of the molecule is CC(=O)NC(CCC(=O)c1ccccc1)(C(=O)O)C(=O)O. The summed E-state index contributed by atoms with van der Waals surface area (Å²) in [5.74, 6) is -4.63. The van der Waals surface area contributed by atoms with Crippen molar-refractivity contribution in [3.63, 3.8) is 0 Å². The number of aliphatic carboxylic acids is 2. The minimum absolute atomic E-state index is 0.317. The standard InChI is InChI=1S/C14H15NO6/c1-9(16)15-14(12(18)19,13(20)21)8-7-11(17)10-5-3-2-4-6-10/h2-6H,7-8H2,1H3,(H,15,16)(H,18,19)(H,20,21). The van der Waals surface area contributed by atoms with Crippen LogP contribution in [0.15, 0.2) is 30.3 Å². The van der Waals surface area contributed by atoms with Gasteiger partial charge in [0.1, 0.15) is 0 Å². The first kappa shape index (κ1) is 16.4. The van der Waals surface area contributed by atoms with Crippen LogP contribution in [-0.4, -0.2) is 39.4 Å². The summed E-state index contributed by atoms with van der Waals surface area (Å²) >= 11 is 0. The van der Waals surface area contributed by atoms with Crippen molar-refractivity contribution in [1.29, 1.82) is 0 Å². The molecule has 0 aliphatic heterocycles. The lowest BCUT2D eigenvalue weighted by molar-refractivity contribution is -0.161. The van der Waals surface area contributed by atoms with E-state index in [1.54, 1.807) is 30.3 Å². The Morgan fingerprint density at radius 3 is 2.00 bits per heavy atom. The number of rotatable bonds is 7. The van der Waals surface area contributed by atoms with E-state index in [-0.39, 0.29) is 6.42 Å². The van der Waals surface area contributed by atoms with Crippen molar-refractivity contribution in [3.05, 3.63) is 35.9 Å². The molecule has 0 aromatic heterocycles. The van der Waals surface area contributed by atoms with Crippen LogP contribution in [-0.2, 0) is 14.4 Å². The number of benzene rings is 1. The Morgan fingerprint density at radius 1 is 1.05 bits per heavy atom. The molecular weight excluding hydrogens is 278 g/mol. The molecule has 0 atom stereocenters. The molecule has 0 fully saturated rings. The second kappa shape index (κ2) is 6.65. The van der Waals surface area contributed by atoms with Crippen LogP contribution in [0.4, 0.5) is 0 Å². The fraction of sp³-hybridized carbons (Fsp3) is 0.286. The lowest BCUT2D eigenvalue weighted by Crippen LogP contribution is -2.59. The zero-order valence-corrected chi connectivity index (χ0v) is 11.3. The third-order valence-corrected chi connectivity index (χ3v) is 2.94. The predicted octanol–water partition coefficient (Wildman–Crippen LogP) is 0.694. The van der Waals surface area contributed by atoms with Gasteiger partial charge in [0.05, 0.1) is 0 Å². The molecule has 0 heterocycles. The summed E-state index contributed by atoms with van der Waals surface area (Å²) in [7, 11) is 0. The van der Waals surface area contributed by atoms with Gasteiger partial charge in [-0.2, -0.15) is 0 Å². The van der Waals surface area contributed by atoms with E-state index < -0.39 is 35.6 Å². The van der Waals surface area contributed by atoms with Crippen LogP contribution in [0.1, 0.15) is 30.1 Å². The third-order valence-electron chi connectivity index (χ3n) is 2.94. The van der Waals surface area contributed by atoms with E-state index >= 15 is 0 Å². The number of Topliss-reactive ketones (excluding diaryl/α,β-unsaturated/α-hetero) is 1. The van der Waals surface area contributed by atoms with Crippen LogP contribution in [0.2, 0.25) is 0 Å². The first-order valence-electron chi connectivity index (χ1n) is 6.13. The molecule has 0 aliphatic rings. The Bertz CT molecular complexity index is 552. The quantitative estimate of drug-likeness (QED) is 0.502. The normalized spacial score (nSPS) is 10.7. The molecule has 0 saturated heterocycles. The number of hydrogen-bond donors (Lipinski definition) is 3. The van der Waals surface area contributed by atoms with E-state index in [1.165, 1.54) is 0 Å². The van der Waals surface area contributed by atoms with E-state index in [0.29, 0.717) is 5.56 Å². The molecule has 0 saturated carbocycles. The van der Waals surface area contributed by atoms with Crippen LogP contribution < -0.4 is 5.32 Å². The number of carbonyl (C=O) groups excluding carboxylic acids is 2. The van der Waals surface area contributed by atoms with Gasteiger partial charge in [-0.15, -0.1) is 0 Å². The number of amides is 1. The zero-order valence-electron chi connectivity index (χ0n) is 11.3. The number of carbonyl (C=O) groups is 4. The Hall–Kier alpha value is -2.70. The molecule has 1 aromatic carbocycles. The van der Waals surface area contributed by atoms with Gasteiger partial charge in [0, 0.05) is 18.9 Å². The van der Waals surface area contributed by atoms with Crippen molar-refractivity contribution < 1.29 is 29.4 Å². The molecule has 0 aliphatic carbocycles. The summed E-state index contributed by atoms with van der Waals surface area (Å²) in [6.45, 7) is 1.01. The van der Waals surface area contributed by atoms with Crippen LogP contribution in [0.5, 0.6) is 0 Å². The first-order valence-corrected chi connectivity index (χ1v) is 6.13. The molecular formula is C14H15NO6. The molecule has 0 unspecified atom stereocenters. The summed E-state index contributed by atoms with van der Waals surface area (Å²) in [4.78, 5) is 45.5. The Kier molecular flexibility index (Phi) is 5.18. The highest BCUT2D eigenvalue weighted by molar-refractivity contribution is 6.07. The average Bonchev–Trinajstić information content (AvgIpc) is 2.43. The molecule has 0 spiro atoms. The van der Waals surface area contributed by atoms with Crippen LogP contribution >= 0.6 is 0 Å². The molecule has 7 heteroatoms. The van der Waals surface area contributed by atoms with E-state index in [9.17, 15) is 19.2 Å². The summed E-state index contributed by atoms with van der Waals surface area (Å²) in [5, 5.41) is 20.1. The van der Waals surface area contributed by atoms with E-state index in [0.717, 1.165) is 6.92 Å². The fourth-order valence-electron chi connectivity index (χ4n) is 1.84. The predicted molar refractivity (Wildman–Crippen MR) is 71.8 cm³/mol. The van der Waals surface area contributed by atoms with Gasteiger partial charge < -0.3 is 15.5 Å². The van der Waals surface area contributed by atoms with Crippen molar-refractivity contribution in [2.24, 2.45) is 0 Å². The molecule has 0 radical (unpaired) electrons. The largest absolute Gasteiger partial charge is 0.479 e. The summed E-state index contributed by atoms with van der Waals surface area (Å²) in [6.07, 6.45) is -0.853. The summed E-state index contributed by atoms with van der Waals surface area (Å²) in [5.41, 5.74) is -2.15. The number of nitrogens with one attached hydrogen (secondary N) is 1. The van der Waals surface area contributed by atoms with Crippen LogP contribution in [0, 0.1) is 0 Å². The van der Waals surface area contributed by atoms with Crippen molar-refractivity contribution in [1.82, 2.24) is 5.32 Å². The van der Waals surface area contributed by atoms with Gasteiger partial charge in [0.2, 0.25) is 11.4 Å². The zero-order chi connectivity index (χ0) is 16.0. The van der Waals surface area contributed by atoms with Gasteiger partial charge in [0.25, 0.3) is 0 Å². The second-order valence-corrected chi connectivity index (χ2v) is 4.49. The fourth-order valence-corrected chi connectivity index (χ4v) is 1.84. The Balaban J connectivity index is 2.92. The Morgan fingerprint density at radius 2 is 1.57 bits per heavy atom. The van der Waals surface area contributed by atoms with Gasteiger partial charge in [-0.05, 0) is 6.42 Å². The molecule has 0 bridgehead atoms. The summed E-state index contributed by atoms with van der Waals surface area (Å²) in [6, 6.07) is 8.09. The molecule has 7 nitrogen and oxygen atoms in total. The first-order chi connectivity index (χ1) is 9.79. The van der Waals surface area contributed by atoms with Gasteiger partial charge in [-0.25, -0.2) is 9.59 Å². The van der Waals surface area contributed by atoms with Crippen LogP contribution in [0.3, 0.4) is 0 Å². The van der Waals surface area contributed by atoms with Crippen molar-refractivity contribution in [2.75, 3.05) is 0 Å². The number of carboxylic acids is 2. The molecule has 112 valence electrons. The van der Waals surface area contributed by atoms with Crippen molar-refractivity contribution >= 4 is 23.6 Å². The van der Waals surface area contributed by atoms with Crippen LogP contribution in [0.25, 0.3) is 0 Å². The lowest BCUT2D eigenvalue weighted by Gasteiger charge is -2.25. The average molecular weight is 293 g/mol. The molecule has 21 heavy (non-hydrogen) atoms.